The molecule has 3 aromatic rings. The van der Waals surface area contributed by atoms with Gasteiger partial charge in [-0.1, -0.05) is 6.92 Å². The second-order valence-corrected chi connectivity index (χ2v) is 10.6. The van der Waals surface area contributed by atoms with Crippen LogP contribution in [0.4, 0.5) is 10.3 Å². The Bertz CT molecular complexity index is 1240. The molecule has 2 N–H and O–H groups in total. The van der Waals surface area contributed by atoms with E-state index in [1.165, 1.54) is 17.4 Å². The molecule has 1 aliphatic carbocycles. The summed E-state index contributed by atoms with van der Waals surface area (Å²) in [6.07, 6.45) is 6.82. The van der Waals surface area contributed by atoms with Crippen LogP contribution in [0.15, 0.2) is 29.9 Å². The highest BCUT2D eigenvalue weighted by molar-refractivity contribution is 7.17. The Morgan fingerprint density at radius 2 is 1.94 bits per heavy atom. The molecule has 1 saturated heterocycles. The Morgan fingerprint density at radius 3 is 2.69 bits per heavy atom. The lowest BCUT2D eigenvalue weighted by molar-refractivity contribution is -0.127. The van der Waals surface area contributed by atoms with Crippen LogP contribution in [-0.4, -0.2) is 50.8 Å². The van der Waals surface area contributed by atoms with E-state index in [-0.39, 0.29) is 29.8 Å². The van der Waals surface area contributed by atoms with Gasteiger partial charge in [0.15, 0.2) is 5.69 Å². The Labute approximate surface area is 207 Å². The van der Waals surface area contributed by atoms with Crippen molar-refractivity contribution in [1.29, 1.82) is 0 Å². The Kier molecular flexibility index (Phi) is 6.64. The Hall–Kier alpha value is -3.14. The van der Waals surface area contributed by atoms with Crippen LogP contribution in [0.2, 0.25) is 0 Å². The van der Waals surface area contributed by atoms with Crippen molar-refractivity contribution in [2.75, 3.05) is 18.4 Å². The summed E-state index contributed by atoms with van der Waals surface area (Å²) in [7, 11) is 0. The van der Waals surface area contributed by atoms with E-state index in [0.717, 1.165) is 36.6 Å². The van der Waals surface area contributed by atoms with E-state index in [1.54, 1.807) is 11.1 Å². The number of hydrogen-bond donors (Lipinski definition) is 2. The van der Waals surface area contributed by atoms with Gasteiger partial charge in [-0.2, -0.15) is 0 Å². The molecule has 1 saturated carbocycles. The predicted octanol–water partition coefficient (Wildman–Crippen LogP) is 4.17. The molecule has 10 heteroatoms. The average Bonchev–Trinajstić information content (AvgIpc) is 3.29. The minimum absolute atomic E-state index is 0.0236. The molecule has 1 unspecified atom stereocenters. The lowest BCUT2D eigenvalue weighted by Gasteiger charge is -2.40. The van der Waals surface area contributed by atoms with Gasteiger partial charge in [-0.25, -0.2) is 14.4 Å². The van der Waals surface area contributed by atoms with Gasteiger partial charge >= 0.3 is 0 Å². The molecule has 2 aliphatic rings. The van der Waals surface area contributed by atoms with E-state index < -0.39 is 5.82 Å². The number of carbonyl (C=O) groups is 2. The molecule has 1 aliphatic heterocycles. The molecular formula is C25H29FN6O2S. The third-order valence-electron chi connectivity index (χ3n) is 6.98. The van der Waals surface area contributed by atoms with E-state index in [9.17, 15) is 14.0 Å². The van der Waals surface area contributed by atoms with Crippen molar-refractivity contribution in [3.8, 4) is 0 Å². The number of anilines is 1. The molecule has 8 nitrogen and oxygen atoms in total. The maximum absolute atomic E-state index is 13.6. The monoisotopic (exact) mass is 496 g/mol. The first-order valence-corrected chi connectivity index (χ1v) is 13.0. The molecule has 35 heavy (non-hydrogen) atoms. The second-order valence-electron chi connectivity index (χ2n) is 9.71. The summed E-state index contributed by atoms with van der Waals surface area (Å²) in [6, 6.07) is 2.93. The summed E-state index contributed by atoms with van der Waals surface area (Å²) in [6.45, 7) is 5.04. The number of rotatable bonds is 6. The van der Waals surface area contributed by atoms with Crippen LogP contribution in [0.5, 0.6) is 0 Å². The molecule has 3 aromatic heterocycles. The summed E-state index contributed by atoms with van der Waals surface area (Å²) in [5, 5.41) is 8.16. The number of thiophene rings is 1. The third kappa shape index (κ3) is 5.12. The quantitative estimate of drug-likeness (QED) is 0.532. The average molecular weight is 497 g/mol. The first kappa shape index (κ1) is 23.6. The number of hydrogen-bond acceptors (Lipinski definition) is 7. The van der Waals surface area contributed by atoms with Crippen LogP contribution >= 0.6 is 11.3 Å². The molecule has 184 valence electrons. The van der Waals surface area contributed by atoms with Crippen molar-refractivity contribution < 1.29 is 14.0 Å². The molecule has 4 heterocycles. The van der Waals surface area contributed by atoms with E-state index in [0.29, 0.717) is 41.7 Å². The molecule has 5 rings (SSSR count). The summed E-state index contributed by atoms with van der Waals surface area (Å²) >= 11 is 1.42. The van der Waals surface area contributed by atoms with Crippen molar-refractivity contribution >= 4 is 39.3 Å². The lowest BCUT2D eigenvalue weighted by Crippen LogP contribution is -2.61. The maximum Gasteiger partial charge on any atom is 0.274 e. The van der Waals surface area contributed by atoms with Crippen LogP contribution < -0.4 is 10.6 Å². The van der Waals surface area contributed by atoms with E-state index >= 15 is 0 Å². The number of amides is 2. The van der Waals surface area contributed by atoms with Crippen LogP contribution in [0.1, 0.15) is 61.6 Å². The van der Waals surface area contributed by atoms with E-state index in [2.05, 4.69) is 32.5 Å². The fourth-order valence-electron chi connectivity index (χ4n) is 4.74. The minimum atomic E-state index is -0.418. The summed E-state index contributed by atoms with van der Waals surface area (Å²) in [4.78, 5) is 40.6. The summed E-state index contributed by atoms with van der Waals surface area (Å²) in [5.74, 6) is 0.605. The molecule has 0 spiro atoms. The normalized spacial score (nSPS) is 21.4. The number of nitrogens with zero attached hydrogens (tertiary/aromatic N) is 4. The second kappa shape index (κ2) is 9.85. The van der Waals surface area contributed by atoms with E-state index in [1.807, 2.05) is 18.4 Å². The van der Waals surface area contributed by atoms with Gasteiger partial charge in [0.1, 0.15) is 5.82 Å². The highest BCUT2D eigenvalue weighted by Crippen LogP contribution is 2.30. The molecule has 1 atom stereocenters. The molecular weight excluding hydrogens is 467 g/mol. The fourth-order valence-corrected chi connectivity index (χ4v) is 5.55. The van der Waals surface area contributed by atoms with Gasteiger partial charge in [-0.05, 0) is 61.6 Å². The molecule has 0 radical (unpaired) electrons. The van der Waals surface area contributed by atoms with Gasteiger partial charge in [0.05, 0.1) is 28.5 Å². The zero-order valence-electron chi connectivity index (χ0n) is 19.8. The van der Waals surface area contributed by atoms with Gasteiger partial charge in [-0.3, -0.25) is 14.6 Å². The summed E-state index contributed by atoms with van der Waals surface area (Å²) < 4.78 is 14.3. The van der Waals surface area contributed by atoms with Crippen molar-refractivity contribution in [2.24, 2.45) is 11.8 Å². The van der Waals surface area contributed by atoms with Gasteiger partial charge in [0.2, 0.25) is 11.9 Å². The van der Waals surface area contributed by atoms with Crippen LogP contribution in [0.3, 0.4) is 0 Å². The summed E-state index contributed by atoms with van der Waals surface area (Å²) in [5.41, 5.74) is 1.67. The first-order chi connectivity index (χ1) is 16.9. The maximum atomic E-state index is 13.6. The first-order valence-electron chi connectivity index (χ1n) is 12.1. The largest absolute Gasteiger partial charge is 0.350 e. The fraction of sp³-hybridized carbons (Fsp3) is 0.480. The molecule has 0 bridgehead atoms. The van der Waals surface area contributed by atoms with Crippen molar-refractivity contribution in [3.05, 3.63) is 47.0 Å². The smallest absolute Gasteiger partial charge is 0.274 e. The number of nitrogens with one attached hydrogen (secondary N) is 2. The van der Waals surface area contributed by atoms with Crippen molar-refractivity contribution in [2.45, 2.75) is 51.6 Å². The number of fused-ring (bicyclic) bond motifs is 1. The number of likely N-dealkylation sites (tertiary alicyclic amines) is 1. The predicted molar refractivity (Wildman–Crippen MR) is 133 cm³/mol. The van der Waals surface area contributed by atoms with Crippen molar-refractivity contribution in [1.82, 2.24) is 25.2 Å². The molecule has 2 amide bonds. The van der Waals surface area contributed by atoms with Gasteiger partial charge in [0.25, 0.3) is 5.91 Å². The third-order valence-corrected chi connectivity index (χ3v) is 7.89. The highest BCUT2D eigenvalue weighted by atomic mass is 32.1. The molecule has 2 fully saturated rings. The Balaban J connectivity index is 1.24. The van der Waals surface area contributed by atoms with Gasteiger partial charge < -0.3 is 15.5 Å². The van der Waals surface area contributed by atoms with Crippen LogP contribution in [-0.2, 0) is 4.79 Å². The topological polar surface area (TPSA) is 100 Å². The standard InChI is InChI=1S/C25H29FN6O2S/c1-14-3-5-16(6-4-14)23(33)29-19-12-32(13-19)24(34)21-22-20(7-8-35-22)30-25(31-21)28-15(2)17-9-18(26)11-27-10-17/h7-11,14-16,19H,3-6,12-13H2,1-2H3,(H,29,33)(H,28,30,31). The zero-order chi connectivity index (χ0) is 24.5. The minimum Gasteiger partial charge on any atom is -0.350 e. The number of halogens is 1. The van der Waals surface area contributed by atoms with Crippen LogP contribution in [0.25, 0.3) is 10.2 Å². The zero-order valence-corrected chi connectivity index (χ0v) is 20.6. The number of aromatic nitrogens is 3. The van der Waals surface area contributed by atoms with Crippen LogP contribution in [0, 0.1) is 17.7 Å². The SMILES string of the molecule is CC1CCC(C(=O)NC2CN(C(=O)c3nc(NC(C)c4cncc(F)c4)nc4ccsc34)C2)CC1. The van der Waals surface area contributed by atoms with E-state index in [4.69, 9.17) is 0 Å². The molecule has 0 aromatic carbocycles. The van der Waals surface area contributed by atoms with Crippen molar-refractivity contribution in [3.63, 3.8) is 0 Å². The number of pyridine rings is 1. The lowest BCUT2D eigenvalue weighted by atomic mass is 9.82. The van der Waals surface area contributed by atoms with Gasteiger partial charge in [-0.15, -0.1) is 11.3 Å². The Morgan fingerprint density at radius 1 is 1.17 bits per heavy atom. The number of carbonyl (C=O) groups excluding carboxylic acids is 2. The highest BCUT2D eigenvalue weighted by Gasteiger charge is 2.35. The van der Waals surface area contributed by atoms with Gasteiger partial charge in [0, 0.05) is 25.2 Å².